The van der Waals surface area contributed by atoms with Gasteiger partial charge in [0.15, 0.2) is 0 Å². The zero-order chi connectivity index (χ0) is 18.0. The number of hydrogen-bond donors (Lipinski definition) is 1. The predicted molar refractivity (Wildman–Crippen MR) is 88.7 cm³/mol. The first-order chi connectivity index (χ1) is 11.9. The van der Waals surface area contributed by atoms with E-state index < -0.39 is 30.3 Å². The molecule has 1 aromatic rings. The minimum absolute atomic E-state index is 0.215. The number of hydrogen-bond acceptors (Lipinski definition) is 4. The molecule has 2 amide bonds. The SMILES string of the molecule is C=CC(=O)N1CC(NC(=O)c2ccc(N3CCCC3)nc2)C(F)(F)C1. The lowest BCUT2D eigenvalue weighted by atomic mass is 10.2. The molecular weight excluding hydrogens is 330 g/mol. The first-order valence-electron chi connectivity index (χ1n) is 8.22. The van der Waals surface area contributed by atoms with Crippen LogP contribution in [0, 0.1) is 0 Å². The van der Waals surface area contributed by atoms with Crippen LogP contribution in [0.25, 0.3) is 0 Å². The van der Waals surface area contributed by atoms with Crippen molar-refractivity contribution in [1.29, 1.82) is 0 Å². The molecule has 2 aliphatic heterocycles. The van der Waals surface area contributed by atoms with Crippen LogP contribution in [0.3, 0.4) is 0 Å². The van der Waals surface area contributed by atoms with Gasteiger partial charge in [-0.25, -0.2) is 13.8 Å². The van der Waals surface area contributed by atoms with Gasteiger partial charge in [0, 0.05) is 25.8 Å². The summed E-state index contributed by atoms with van der Waals surface area (Å²) in [6, 6.07) is 1.87. The minimum atomic E-state index is -3.18. The first-order valence-corrected chi connectivity index (χ1v) is 8.22. The van der Waals surface area contributed by atoms with Gasteiger partial charge < -0.3 is 15.1 Å². The first kappa shape index (κ1) is 17.3. The van der Waals surface area contributed by atoms with Crippen LogP contribution in [0.15, 0.2) is 31.0 Å². The Labute approximate surface area is 144 Å². The van der Waals surface area contributed by atoms with E-state index >= 15 is 0 Å². The summed E-state index contributed by atoms with van der Waals surface area (Å²) < 4.78 is 28.1. The number of nitrogens with zero attached hydrogens (tertiary/aromatic N) is 3. The van der Waals surface area contributed by atoms with Crippen LogP contribution in [-0.2, 0) is 4.79 Å². The quantitative estimate of drug-likeness (QED) is 0.835. The largest absolute Gasteiger partial charge is 0.357 e. The number of carbonyl (C=O) groups excluding carboxylic acids is 2. The molecule has 0 radical (unpaired) electrons. The molecule has 2 fully saturated rings. The summed E-state index contributed by atoms with van der Waals surface area (Å²) >= 11 is 0. The van der Waals surface area contributed by atoms with Crippen molar-refractivity contribution in [3.63, 3.8) is 0 Å². The summed E-state index contributed by atoms with van der Waals surface area (Å²) in [6.07, 6.45) is 4.60. The van der Waals surface area contributed by atoms with Crippen LogP contribution in [-0.4, -0.2) is 59.8 Å². The fraction of sp³-hybridized carbons (Fsp3) is 0.471. The molecule has 8 heteroatoms. The average Bonchev–Trinajstić information content (AvgIpc) is 3.23. The molecule has 1 unspecified atom stereocenters. The van der Waals surface area contributed by atoms with Gasteiger partial charge in [-0.05, 0) is 31.1 Å². The van der Waals surface area contributed by atoms with Gasteiger partial charge in [-0.2, -0.15) is 0 Å². The van der Waals surface area contributed by atoms with Gasteiger partial charge in [-0.3, -0.25) is 9.59 Å². The maximum Gasteiger partial charge on any atom is 0.286 e. The summed E-state index contributed by atoms with van der Waals surface area (Å²) in [5, 5.41) is 2.31. The number of carbonyl (C=O) groups is 2. The van der Waals surface area contributed by atoms with Crippen molar-refractivity contribution in [2.45, 2.75) is 24.8 Å². The summed E-state index contributed by atoms with van der Waals surface area (Å²) in [4.78, 5) is 31.1. The third-order valence-corrected chi connectivity index (χ3v) is 4.55. The third-order valence-electron chi connectivity index (χ3n) is 4.55. The van der Waals surface area contributed by atoms with Gasteiger partial charge in [0.25, 0.3) is 11.8 Å². The van der Waals surface area contributed by atoms with Crippen LogP contribution in [0.5, 0.6) is 0 Å². The number of aromatic nitrogens is 1. The highest BCUT2D eigenvalue weighted by Crippen LogP contribution is 2.28. The van der Waals surface area contributed by atoms with E-state index in [2.05, 4.69) is 21.8 Å². The predicted octanol–water partition coefficient (Wildman–Crippen LogP) is 1.44. The van der Waals surface area contributed by atoms with E-state index in [0.717, 1.165) is 42.7 Å². The number of rotatable bonds is 4. The molecule has 2 aliphatic rings. The number of halogens is 2. The van der Waals surface area contributed by atoms with E-state index in [1.165, 1.54) is 6.20 Å². The number of alkyl halides is 2. The number of nitrogens with one attached hydrogen (secondary N) is 1. The topological polar surface area (TPSA) is 65.5 Å². The van der Waals surface area contributed by atoms with Crippen LogP contribution >= 0.6 is 0 Å². The molecule has 3 heterocycles. The van der Waals surface area contributed by atoms with Crippen molar-refractivity contribution in [2.24, 2.45) is 0 Å². The molecule has 134 valence electrons. The van der Waals surface area contributed by atoms with E-state index in [1.54, 1.807) is 12.1 Å². The molecule has 0 aromatic carbocycles. The molecule has 6 nitrogen and oxygen atoms in total. The van der Waals surface area contributed by atoms with E-state index in [0.29, 0.717) is 0 Å². The standard InChI is InChI=1S/C17H20F2N4O2/c1-2-15(24)23-10-13(17(18,19)11-23)21-16(25)12-5-6-14(20-9-12)22-7-3-4-8-22/h2,5-6,9,13H,1,3-4,7-8,10-11H2,(H,21,25). The van der Waals surface area contributed by atoms with Crippen LogP contribution in [0.4, 0.5) is 14.6 Å². The Kier molecular flexibility index (Phi) is 4.69. The van der Waals surface area contributed by atoms with E-state index in [1.807, 2.05) is 0 Å². The normalized spacial score (nSPS) is 22.1. The second-order valence-electron chi connectivity index (χ2n) is 6.31. The van der Waals surface area contributed by atoms with Crippen molar-refractivity contribution >= 4 is 17.6 Å². The molecule has 1 aromatic heterocycles. The molecule has 0 bridgehead atoms. The monoisotopic (exact) mass is 350 g/mol. The van der Waals surface area contributed by atoms with Crippen LogP contribution in [0.1, 0.15) is 23.2 Å². The van der Waals surface area contributed by atoms with Crippen LogP contribution < -0.4 is 10.2 Å². The van der Waals surface area contributed by atoms with Gasteiger partial charge in [0.1, 0.15) is 11.9 Å². The third kappa shape index (κ3) is 3.62. The Hall–Kier alpha value is -2.51. The molecule has 0 spiro atoms. The highest BCUT2D eigenvalue weighted by atomic mass is 19.3. The van der Waals surface area contributed by atoms with Crippen molar-refractivity contribution in [1.82, 2.24) is 15.2 Å². The molecule has 0 saturated carbocycles. The summed E-state index contributed by atoms with van der Waals surface area (Å²) in [5.41, 5.74) is 0.215. The molecule has 1 N–H and O–H groups in total. The zero-order valence-corrected chi connectivity index (χ0v) is 13.8. The Morgan fingerprint density at radius 2 is 2.04 bits per heavy atom. The summed E-state index contributed by atoms with van der Waals surface area (Å²) in [7, 11) is 0. The van der Waals surface area contributed by atoms with Gasteiger partial charge >= 0.3 is 0 Å². The van der Waals surface area contributed by atoms with Gasteiger partial charge in [0.2, 0.25) is 5.91 Å². The van der Waals surface area contributed by atoms with Crippen LogP contribution in [0.2, 0.25) is 0 Å². The molecule has 0 aliphatic carbocycles. The summed E-state index contributed by atoms with van der Waals surface area (Å²) in [5.74, 6) is -3.61. The number of anilines is 1. The number of likely N-dealkylation sites (tertiary alicyclic amines) is 1. The average molecular weight is 350 g/mol. The lowest BCUT2D eigenvalue weighted by Gasteiger charge is -2.19. The minimum Gasteiger partial charge on any atom is -0.357 e. The second-order valence-corrected chi connectivity index (χ2v) is 6.31. The maximum atomic E-state index is 14.0. The smallest absolute Gasteiger partial charge is 0.286 e. The van der Waals surface area contributed by atoms with E-state index in [-0.39, 0.29) is 12.1 Å². The molecule has 25 heavy (non-hydrogen) atoms. The molecule has 2 saturated heterocycles. The Morgan fingerprint density at radius 3 is 2.64 bits per heavy atom. The lowest BCUT2D eigenvalue weighted by molar-refractivity contribution is -0.126. The van der Waals surface area contributed by atoms with Crippen molar-refractivity contribution in [2.75, 3.05) is 31.1 Å². The molecule has 3 rings (SSSR count). The van der Waals surface area contributed by atoms with E-state index in [4.69, 9.17) is 0 Å². The fourth-order valence-electron chi connectivity index (χ4n) is 3.13. The van der Waals surface area contributed by atoms with Crippen molar-refractivity contribution in [3.05, 3.63) is 36.5 Å². The Morgan fingerprint density at radius 1 is 1.32 bits per heavy atom. The molecular formula is C17H20F2N4O2. The van der Waals surface area contributed by atoms with Crippen molar-refractivity contribution in [3.8, 4) is 0 Å². The molecule has 1 atom stereocenters. The number of pyridine rings is 1. The zero-order valence-electron chi connectivity index (χ0n) is 13.8. The van der Waals surface area contributed by atoms with Gasteiger partial charge in [0.05, 0.1) is 12.1 Å². The summed E-state index contributed by atoms with van der Waals surface area (Å²) in [6.45, 7) is 4.18. The van der Waals surface area contributed by atoms with E-state index in [9.17, 15) is 18.4 Å². The lowest BCUT2D eigenvalue weighted by Crippen LogP contribution is -2.46. The highest BCUT2D eigenvalue weighted by Gasteiger charge is 2.49. The second kappa shape index (κ2) is 6.78. The Bertz CT molecular complexity index is 672. The van der Waals surface area contributed by atoms with Crippen molar-refractivity contribution < 1.29 is 18.4 Å². The number of amides is 2. The Balaban J connectivity index is 1.65. The maximum absolute atomic E-state index is 14.0. The van der Waals surface area contributed by atoms with Gasteiger partial charge in [-0.1, -0.05) is 6.58 Å². The van der Waals surface area contributed by atoms with Gasteiger partial charge in [-0.15, -0.1) is 0 Å². The fourth-order valence-corrected chi connectivity index (χ4v) is 3.13. The highest BCUT2D eigenvalue weighted by molar-refractivity contribution is 5.94.